The van der Waals surface area contributed by atoms with Crippen LogP contribution in [0.1, 0.15) is 6.42 Å². The normalized spacial score (nSPS) is 22.9. The SMILES string of the molecule is Nc1ccc2[nH]cc(S(=O)(=O)NCC3(O)CCOC3)c2c1. The van der Waals surface area contributed by atoms with Crippen molar-refractivity contribution in [2.24, 2.45) is 0 Å². The van der Waals surface area contributed by atoms with Crippen molar-refractivity contribution >= 4 is 26.6 Å². The van der Waals surface area contributed by atoms with E-state index in [2.05, 4.69) is 9.71 Å². The van der Waals surface area contributed by atoms with Gasteiger partial charge in [-0.2, -0.15) is 0 Å². The van der Waals surface area contributed by atoms with Gasteiger partial charge in [0, 0.05) is 42.4 Å². The average molecular weight is 311 g/mol. The van der Waals surface area contributed by atoms with Crippen molar-refractivity contribution in [1.82, 2.24) is 9.71 Å². The quantitative estimate of drug-likeness (QED) is 0.601. The summed E-state index contributed by atoms with van der Waals surface area (Å²) in [4.78, 5) is 3.01. The molecular weight excluding hydrogens is 294 g/mol. The van der Waals surface area contributed by atoms with Crippen LogP contribution < -0.4 is 10.5 Å². The van der Waals surface area contributed by atoms with Gasteiger partial charge in [-0.3, -0.25) is 0 Å². The van der Waals surface area contributed by atoms with Gasteiger partial charge in [-0.25, -0.2) is 13.1 Å². The standard InChI is InChI=1S/C13H17N3O4S/c14-9-1-2-11-10(5-9)12(6-15-11)21(18,19)16-7-13(17)3-4-20-8-13/h1-2,5-6,15-17H,3-4,7-8,14H2. The van der Waals surface area contributed by atoms with Gasteiger partial charge < -0.3 is 20.6 Å². The molecule has 1 aliphatic heterocycles. The first-order chi connectivity index (χ1) is 9.90. The Hall–Kier alpha value is -1.61. The summed E-state index contributed by atoms with van der Waals surface area (Å²) in [5.41, 5.74) is 5.74. The molecule has 2 heterocycles. The van der Waals surface area contributed by atoms with Crippen LogP contribution in [0, 0.1) is 0 Å². The number of fused-ring (bicyclic) bond motifs is 1. The van der Waals surface area contributed by atoms with Crippen LogP contribution in [0.3, 0.4) is 0 Å². The molecule has 0 radical (unpaired) electrons. The molecule has 0 bridgehead atoms. The van der Waals surface area contributed by atoms with E-state index in [1.54, 1.807) is 18.2 Å². The minimum absolute atomic E-state index is 0.0790. The minimum Gasteiger partial charge on any atom is -0.399 e. The van der Waals surface area contributed by atoms with Crippen LogP contribution in [-0.2, 0) is 14.8 Å². The maximum Gasteiger partial charge on any atom is 0.242 e. The number of ether oxygens (including phenoxy) is 1. The Bertz CT molecular complexity index is 763. The second kappa shape index (κ2) is 4.99. The van der Waals surface area contributed by atoms with Crippen molar-refractivity contribution in [1.29, 1.82) is 0 Å². The molecule has 2 aromatic rings. The number of nitrogen functional groups attached to an aromatic ring is 1. The Balaban J connectivity index is 1.88. The summed E-state index contributed by atoms with van der Waals surface area (Å²) < 4.78 is 32.3. The summed E-state index contributed by atoms with van der Waals surface area (Å²) in [7, 11) is -3.74. The van der Waals surface area contributed by atoms with E-state index in [1.165, 1.54) is 6.20 Å². The number of hydrogen-bond acceptors (Lipinski definition) is 5. The van der Waals surface area contributed by atoms with Gasteiger partial charge in [0.05, 0.1) is 6.61 Å². The first kappa shape index (κ1) is 14.3. The molecule has 8 heteroatoms. The number of rotatable bonds is 4. The lowest BCUT2D eigenvalue weighted by Gasteiger charge is -2.20. The predicted molar refractivity (Wildman–Crippen MR) is 78.3 cm³/mol. The van der Waals surface area contributed by atoms with Crippen molar-refractivity contribution in [3.8, 4) is 0 Å². The van der Waals surface area contributed by atoms with Crippen LogP contribution in [0.15, 0.2) is 29.3 Å². The van der Waals surface area contributed by atoms with E-state index in [9.17, 15) is 13.5 Å². The zero-order valence-corrected chi connectivity index (χ0v) is 12.1. The largest absolute Gasteiger partial charge is 0.399 e. The van der Waals surface area contributed by atoms with Gasteiger partial charge in [0.15, 0.2) is 0 Å². The number of anilines is 1. The van der Waals surface area contributed by atoms with Gasteiger partial charge in [0.25, 0.3) is 0 Å². The molecule has 1 aliphatic rings. The highest BCUT2D eigenvalue weighted by Gasteiger charge is 2.34. The molecule has 1 atom stereocenters. The Morgan fingerprint density at radius 2 is 2.29 bits per heavy atom. The molecule has 114 valence electrons. The number of nitrogens with two attached hydrogens (primary N) is 1. The summed E-state index contributed by atoms with van der Waals surface area (Å²) in [6.45, 7) is 0.489. The third kappa shape index (κ3) is 2.75. The number of aliphatic hydroxyl groups is 1. The highest BCUT2D eigenvalue weighted by Crippen LogP contribution is 2.25. The molecule has 1 unspecified atom stereocenters. The fourth-order valence-corrected chi connectivity index (χ4v) is 3.66. The molecule has 3 rings (SSSR count). The van der Waals surface area contributed by atoms with Crippen molar-refractivity contribution in [2.45, 2.75) is 16.9 Å². The van der Waals surface area contributed by atoms with E-state index in [0.29, 0.717) is 29.6 Å². The Kier molecular flexibility index (Phi) is 3.40. The molecule has 21 heavy (non-hydrogen) atoms. The number of H-pyrrole nitrogens is 1. The third-order valence-corrected chi connectivity index (χ3v) is 5.07. The summed E-state index contributed by atoms with van der Waals surface area (Å²) in [5, 5.41) is 10.7. The fourth-order valence-electron chi connectivity index (χ4n) is 2.38. The van der Waals surface area contributed by atoms with Gasteiger partial charge in [-0.05, 0) is 18.2 Å². The predicted octanol–water partition coefficient (Wildman–Crippen LogP) is 0.180. The lowest BCUT2D eigenvalue weighted by Crippen LogP contribution is -2.43. The fraction of sp³-hybridized carbons (Fsp3) is 0.385. The average Bonchev–Trinajstić information content (AvgIpc) is 3.03. The summed E-state index contributed by atoms with van der Waals surface area (Å²) >= 11 is 0. The zero-order valence-electron chi connectivity index (χ0n) is 11.3. The number of nitrogens with one attached hydrogen (secondary N) is 2. The van der Waals surface area contributed by atoms with Crippen LogP contribution in [0.25, 0.3) is 10.9 Å². The van der Waals surface area contributed by atoms with E-state index in [0.717, 1.165) is 0 Å². The van der Waals surface area contributed by atoms with Crippen molar-refractivity contribution in [3.63, 3.8) is 0 Å². The van der Waals surface area contributed by atoms with Crippen LogP contribution in [0.4, 0.5) is 5.69 Å². The first-order valence-corrected chi connectivity index (χ1v) is 8.04. The zero-order chi connectivity index (χ0) is 15.1. The number of hydrogen-bond donors (Lipinski definition) is 4. The third-order valence-electron chi connectivity index (χ3n) is 3.63. The van der Waals surface area contributed by atoms with Gasteiger partial charge in [-0.1, -0.05) is 0 Å². The molecule has 0 saturated carbocycles. The van der Waals surface area contributed by atoms with Gasteiger partial charge in [0.1, 0.15) is 10.5 Å². The van der Waals surface area contributed by atoms with E-state index in [4.69, 9.17) is 10.5 Å². The topological polar surface area (TPSA) is 117 Å². The van der Waals surface area contributed by atoms with E-state index in [1.807, 2.05) is 0 Å². The van der Waals surface area contributed by atoms with Crippen molar-refractivity contribution in [3.05, 3.63) is 24.4 Å². The van der Waals surface area contributed by atoms with Crippen LogP contribution in [0.2, 0.25) is 0 Å². The molecule has 0 aliphatic carbocycles. The van der Waals surface area contributed by atoms with Crippen LogP contribution >= 0.6 is 0 Å². The Labute approximate surface area is 122 Å². The summed E-state index contributed by atoms with van der Waals surface area (Å²) in [6, 6.07) is 5.02. The monoisotopic (exact) mass is 311 g/mol. The number of aromatic nitrogens is 1. The van der Waals surface area contributed by atoms with Gasteiger partial charge >= 0.3 is 0 Å². The first-order valence-electron chi connectivity index (χ1n) is 6.56. The Morgan fingerprint density at radius 1 is 1.48 bits per heavy atom. The number of benzene rings is 1. The molecule has 1 aromatic carbocycles. The van der Waals surface area contributed by atoms with Crippen molar-refractivity contribution in [2.75, 3.05) is 25.5 Å². The molecule has 0 amide bonds. The maximum atomic E-state index is 12.4. The molecule has 1 fully saturated rings. The van der Waals surface area contributed by atoms with Gasteiger partial charge in [-0.15, -0.1) is 0 Å². The lowest BCUT2D eigenvalue weighted by atomic mass is 10.1. The molecule has 0 spiro atoms. The second-order valence-corrected chi connectivity index (χ2v) is 7.04. The maximum absolute atomic E-state index is 12.4. The smallest absolute Gasteiger partial charge is 0.242 e. The Morgan fingerprint density at radius 3 is 3.00 bits per heavy atom. The molecule has 1 aromatic heterocycles. The van der Waals surface area contributed by atoms with Crippen LogP contribution in [-0.4, -0.2) is 43.9 Å². The second-order valence-electron chi connectivity index (χ2n) is 5.31. The van der Waals surface area contributed by atoms with Crippen molar-refractivity contribution < 1.29 is 18.3 Å². The molecule has 1 saturated heterocycles. The van der Waals surface area contributed by atoms with E-state index < -0.39 is 15.6 Å². The van der Waals surface area contributed by atoms with Crippen LogP contribution in [0.5, 0.6) is 0 Å². The van der Waals surface area contributed by atoms with Gasteiger partial charge in [0.2, 0.25) is 10.0 Å². The highest BCUT2D eigenvalue weighted by molar-refractivity contribution is 7.89. The molecular formula is C13H17N3O4S. The number of aromatic amines is 1. The summed E-state index contributed by atoms with van der Waals surface area (Å²) in [6.07, 6.45) is 1.83. The highest BCUT2D eigenvalue weighted by atomic mass is 32.2. The van der Waals surface area contributed by atoms with E-state index in [-0.39, 0.29) is 18.0 Å². The minimum atomic E-state index is -3.74. The number of sulfonamides is 1. The summed E-state index contributed by atoms with van der Waals surface area (Å²) in [5.74, 6) is 0. The molecule has 5 N–H and O–H groups in total. The molecule has 7 nitrogen and oxygen atoms in total. The van der Waals surface area contributed by atoms with E-state index >= 15 is 0 Å². The lowest BCUT2D eigenvalue weighted by molar-refractivity contribution is 0.0314.